The first kappa shape index (κ1) is 14.3. The van der Waals surface area contributed by atoms with Crippen molar-refractivity contribution in [3.05, 3.63) is 18.3 Å². The first-order valence-corrected chi connectivity index (χ1v) is 8.33. The lowest BCUT2D eigenvalue weighted by molar-refractivity contribution is 0.0682. The summed E-state index contributed by atoms with van der Waals surface area (Å²) in [5, 5.41) is 3.50. The van der Waals surface area contributed by atoms with Crippen molar-refractivity contribution in [2.75, 3.05) is 18.7 Å². The van der Waals surface area contributed by atoms with Crippen LogP contribution in [0, 0.1) is 0 Å². The summed E-state index contributed by atoms with van der Waals surface area (Å²) in [6.45, 7) is 0. The van der Waals surface area contributed by atoms with Gasteiger partial charge in [0.2, 0.25) is 0 Å². The van der Waals surface area contributed by atoms with Crippen LogP contribution in [0.5, 0.6) is 0 Å². The summed E-state index contributed by atoms with van der Waals surface area (Å²) in [6, 6.07) is 3.72. The minimum absolute atomic E-state index is 0.112. The van der Waals surface area contributed by atoms with Crippen LogP contribution in [0.2, 0.25) is 0 Å². The van der Waals surface area contributed by atoms with E-state index in [1.807, 2.05) is 0 Å². The van der Waals surface area contributed by atoms with Crippen LogP contribution in [-0.2, 0) is 14.6 Å². The van der Waals surface area contributed by atoms with E-state index in [1.54, 1.807) is 25.4 Å². The van der Waals surface area contributed by atoms with Crippen molar-refractivity contribution in [3.8, 4) is 0 Å². The van der Waals surface area contributed by atoms with Crippen LogP contribution in [0.25, 0.3) is 0 Å². The number of aromatic nitrogens is 1. The third kappa shape index (κ3) is 3.91. The average Bonchev–Trinajstić information content (AvgIpc) is 2.39. The summed E-state index contributed by atoms with van der Waals surface area (Å²) in [5.41, 5.74) is 0.869. The van der Waals surface area contributed by atoms with E-state index in [2.05, 4.69) is 10.3 Å². The molecule has 0 bridgehead atoms. The Kier molecular flexibility index (Phi) is 4.42. The maximum atomic E-state index is 11.3. The number of nitrogens with one attached hydrogen (secondary N) is 1. The lowest BCUT2D eigenvalue weighted by atomic mass is 9.93. The molecule has 1 N–H and O–H groups in total. The molecule has 0 saturated heterocycles. The fraction of sp³-hybridized carbons (Fsp3) is 0.615. The number of rotatable bonds is 4. The Morgan fingerprint density at radius 3 is 2.42 bits per heavy atom. The van der Waals surface area contributed by atoms with Gasteiger partial charge in [0.05, 0.1) is 18.0 Å². The molecule has 0 amide bonds. The Balaban J connectivity index is 1.94. The largest absolute Gasteiger partial charge is 0.381 e. The summed E-state index contributed by atoms with van der Waals surface area (Å²) in [4.78, 5) is 3.97. The van der Waals surface area contributed by atoms with E-state index in [9.17, 15) is 8.42 Å². The summed E-state index contributed by atoms with van der Waals surface area (Å²) < 4.78 is 27.9. The first-order chi connectivity index (χ1) is 8.99. The Hall–Kier alpha value is -1.14. The van der Waals surface area contributed by atoms with Crippen LogP contribution in [0.4, 0.5) is 5.69 Å². The Labute approximate surface area is 114 Å². The molecule has 0 atom stereocenters. The summed E-state index contributed by atoms with van der Waals surface area (Å²) in [6.07, 6.45) is 7.36. The van der Waals surface area contributed by atoms with Gasteiger partial charge < -0.3 is 10.1 Å². The summed E-state index contributed by atoms with van der Waals surface area (Å²) in [5.74, 6) is 0. The van der Waals surface area contributed by atoms with Crippen LogP contribution in [0.3, 0.4) is 0 Å². The van der Waals surface area contributed by atoms with Crippen LogP contribution >= 0.6 is 0 Å². The third-order valence-electron chi connectivity index (χ3n) is 3.49. The monoisotopic (exact) mass is 284 g/mol. The molecule has 0 aromatic carbocycles. The number of sulfone groups is 1. The highest BCUT2D eigenvalue weighted by molar-refractivity contribution is 7.90. The molecule has 106 valence electrons. The molecule has 1 saturated carbocycles. The molecular formula is C13H20N2O3S. The SMILES string of the molecule is COC1CCC(Nc2ccc(S(C)(=O)=O)nc2)CC1. The molecule has 6 heteroatoms. The maximum Gasteiger partial charge on any atom is 0.192 e. The van der Waals surface area contributed by atoms with Crippen LogP contribution in [0.15, 0.2) is 23.4 Å². The summed E-state index contributed by atoms with van der Waals surface area (Å²) >= 11 is 0. The Bertz CT molecular complexity index is 505. The molecule has 1 aromatic rings. The maximum absolute atomic E-state index is 11.3. The number of hydrogen-bond acceptors (Lipinski definition) is 5. The quantitative estimate of drug-likeness (QED) is 0.914. The minimum atomic E-state index is -3.22. The third-order valence-corrected chi connectivity index (χ3v) is 4.50. The molecule has 5 nitrogen and oxygen atoms in total. The van der Waals surface area contributed by atoms with E-state index < -0.39 is 9.84 Å². The van der Waals surface area contributed by atoms with Gasteiger partial charge in [0, 0.05) is 19.4 Å². The molecule has 0 aliphatic heterocycles. The van der Waals surface area contributed by atoms with E-state index >= 15 is 0 Å². The second kappa shape index (κ2) is 5.88. The molecule has 1 heterocycles. The van der Waals surface area contributed by atoms with E-state index in [1.165, 1.54) is 0 Å². The molecule has 2 rings (SSSR count). The van der Waals surface area contributed by atoms with Gasteiger partial charge in [-0.05, 0) is 37.8 Å². The van der Waals surface area contributed by atoms with E-state index in [-0.39, 0.29) is 5.03 Å². The fourth-order valence-corrected chi connectivity index (χ4v) is 2.92. The zero-order valence-corrected chi connectivity index (χ0v) is 12.1. The van der Waals surface area contributed by atoms with Gasteiger partial charge in [0.25, 0.3) is 0 Å². The van der Waals surface area contributed by atoms with Crippen molar-refractivity contribution in [2.24, 2.45) is 0 Å². The van der Waals surface area contributed by atoms with Gasteiger partial charge in [-0.1, -0.05) is 0 Å². The molecule has 1 aliphatic carbocycles. The van der Waals surface area contributed by atoms with Crippen LogP contribution < -0.4 is 5.32 Å². The smallest absolute Gasteiger partial charge is 0.192 e. The van der Waals surface area contributed by atoms with Crippen molar-refractivity contribution in [2.45, 2.75) is 42.9 Å². The van der Waals surface area contributed by atoms with Crippen molar-refractivity contribution in [1.82, 2.24) is 4.98 Å². The second-order valence-electron chi connectivity index (χ2n) is 5.01. The van der Waals surface area contributed by atoms with Crippen molar-refractivity contribution in [3.63, 3.8) is 0 Å². The van der Waals surface area contributed by atoms with Gasteiger partial charge in [-0.15, -0.1) is 0 Å². The molecule has 0 unspecified atom stereocenters. The predicted molar refractivity (Wildman–Crippen MR) is 74.0 cm³/mol. The van der Waals surface area contributed by atoms with Crippen LogP contribution in [-0.4, -0.2) is 38.9 Å². The van der Waals surface area contributed by atoms with Gasteiger partial charge in [-0.3, -0.25) is 0 Å². The highest BCUT2D eigenvalue weighted by atomic mass is 32.2. The lowest BCUT2D eigenvalue weighted by Gasteiger charge is -2.28. The number of nitrogens with zero attached hydrogens (tertiary/aromatic N) is 1. The Morgan fingerprint density at radius 2 is 1.95 bits per heavy atom. The number of ether oxygens (including phenoxy) is 1. The van der Waals surface area contributed by atoms with Gasteiger partial charge in [-0.2, -0.15) is 0 Å². The molecule has 19 heavy (non-hydrogen) atoms. The highest BCUT2D eigenvalue weighted by Crippen LogP contribution is 2.23. The zero-order chi connectivity index (χ0) is 13.9. The van der Waals surface area contributed by atoms with Gasteiger partial charge in [0.1, 0.15) is 0 Å². The number of methoxy groups -OCH3 is 1. The average molecular weight is 284 g/mol. The number of pyridine rings is 1. The molecule has 0 spiro atoms. The van der Waals surface area contributed by atoms with Crippen LogP contribution in [0.1, 0.15) is 25.7 Å². The molecule has 1 fully saturated rings. The van der Waals surface area contributed by atoms with Gasteiger partial charge in [-0.25, -0.2) is 13.4 Å². The summed E-state index contributed by atoms with van der Waals surface area (Å²) in [7, 11) is -1.46. The standard InChI is InChI=1S/C13H20N2O3S/c1-18-12-6-3-10(4-7-12)15-11-5-8-13(14-9-11)19(2,16)17/h5,8-10,12,15H,3-4,6-7H2,1-2H3. The number of anilines is 1. The zero-order valence-electron chi connectivity index (χ0n) is 11.3. The predicted octanol–water partition coefficient (Wildman–Crippen LogP) is 1.85. The minimum Gasteiger partial charge on any atom is -0.381 e. The first-order valence-electron chi connectivity index (χ1n) is 6.44. The van der Waals surface area contributed by atoms with Crippen molar-refractivity contribution < 1.29 is 13.2 Å². The topological polar surface area (TPSA) is 68.3 Å². The fourth-order valence-electron chi connectivity index (χ4n) is 2.36. The Morgan fingerprint density at radius 1 is 1.26 bits per heavy atom. The second-order valence-corrected chi connectivity index (χ2v) is 6.97. The van der Waals surface area contributed by atoms with Gasteiger partial charge >= 0.3 is 0 Å². The normalized spacial score (nSPS) is 24.1. The van der Waals surface area contributed by atoms with E-state index in [4.69, 9.17) is 4.74 Å². The lowest BCUT2D eigenvalue weighted by Crippen LogP contribution is -2.29. The van der Waals surface area contributed by atoms with Crippen molar-refractivity contribution >= 4 is 15.5 Å². The molecule has 0 radical (unpaired) electrons. The van der Waals surface area contributed by atoms with E-state index in [0.29, 0.717) is 12.1 Å². The number of hydrogen-bond donors (Lipinski definition) is 1. The van der Waals surface area contributed by atoms with E-state index in [0.717, 1.165) is 37.6 Å². The van der Waals surface area contributed by atoms with Gasteiger partial charge in [0.15, 0.2) is 14.9 Å². The molecule has 1 aromatic heterocycles. The molecule has 1 aliphatic rings. The van der Waals surface area contributed by atoms with Crippen molar-refractivity contribution in [1.29, 1.82) is 0 Å². The highest BCUT2D eigenvalue weighted by Gasteiger charge is 2.20. The molecular weight excluding hydrogens is 264 g/mol.